The van der Waals surface area contributed by atoms with Gasteiger partial charge in [-0.15, -0.1) is 0 Å². The Kier molecular flexibility index (Phi) is 7.60. The third-order valence-corrected chi connectivity index (χ3v) is 9.96. The van der Waals surface area contributed by atoms with E-state index in [1.54, 1.807) is 0 Å². The highest BCUT2D eigenvalue weighted by Crippen LogP contribution is 2.37. The second-order valence-corrected chi connectivity index (χ2v) is 13.5. The fourth-order valence-corrected chi connectivity index (χ4v) is 4.09. The van der Waals surface area contributed by atoms with Crippen molar-refractivity contribution in [2.24, 2.45) is 0 Å². The third kappa shape index (κ3) is 6.76. The van der Waals surface area contributed by atoms with Crippen LogP contribution in [0.1, 0.15) is 44.9 Å². The number of hydrogen-bond donors (Lipinski definition) is 1. The summed E-state index contributed by atoms with van der Waals surface area (Å²) in [5, 5.41) is 3.89. The Morgan fingerprint density at radius 3 is 2.04 bits per heavy atom. The number of nitrogens with one attached hydrogen (secondary N) is 1. The van der Waals surface area contributed by atoms with E-state index in [4.69, 9.17) is 4.43 Å². The van der Waals surface area contributed by atoms with Crippen LogP contribution >= 0.6 is 0 Å². The molecule has 0 heterocycles. The van der Waals surface area contributed by atoms with Crippen LogP contribution in [0.5, 0.6) is 0 Å². The molecule has 2 rings (SSSR count). The highest BCUT2D eigenvalue weighted by molar-refractivity contribution is 6.74. The number of rotatable bonds is 8. The number of hydrogen-bond acceptors (Lipinski definition) is 2. The normalized spacial score (nSPS) is 15.0. The molecule has 2 aromatic rings. The molecule has 27 heavy (non-hydrogen) atoms. The summed E-state index contributed by atoms with van der Waals surface area (Å²) in [4.78, 5) is 0. The monoisotopic (exact) mass is 381 g/mol. The van der Waals surface area contributed by atoms with Gasteiger partial charge in [-0.05, 0) is 36.2 Å². The maximum absolute atomic E-state index is 6.48. The lowest BCUT2D eigenvalue weighted by Gasteiger charge is -2.38. The van der Waals surface area contributed by atoms with Crippen LogP contribution in [0, 0.1) is 0 Å². The minimum Gasteiger partial charge on any atom is -0.411 e. The summed E-state index contributed by atoms with van der Waals surface area (Å²) in [5.74, 6) is 0. The molecule has 0 saturated carbocycles. The second kappa shape index (κ2) is 9.49. The fraction of sp³-hybridized carbons (Fsp3) is 0.417. The van der Waals surface area contributed by atoms with E-state index in [0.29, 0.717) is 0 Å². The topological polar surface area (TPSA) is 21.3 Å². The Labute approximate surface area is 166 Å². The predicted octanol–water partition coefficient (Wildman–Crippen LogP) is 6.48. The maximum atomic E-state index is 6.48. The zero-order valence-corrected chi connectivity index (χ0v) is 18.7. The van der Waals surface area contributed by atoms with Gasteiger partial charge in [-0.1, -0.05) is 93.6 Å². The molecule has 0 saturated heterocycles. The molecule has 2 aromatic carbocycles. The lowest BCUT2D eigenvalue weighted by atomic mass is 10.1. The molecule has 3 heteroatoms. The first-order valence-corrected chi connectivity index (χ1v) is 12.8. The van der Waals surface area contributed by atoms with Gasteiger partial charge in [0, 0.05) is 6.54 Å². The molecular weight excluding hydrogens is 346 g/mol. The smallest absolute Gasteiger partial charge is 0.192 e. The molecule has 0 aliphatic rings. The molecule has 0 fully saturated rings. The van der Waals surface area contributed by atoms with Crippen LogP contribution in [0.15, 0.2) is 72.8 Å². The van der Waals surface area contributed by atoms with Crippen LogP contribution in [0.25, 0.3) is 0 Å². The molecule has 2 atom stereocenters. The molecular formula is C24H35NOSi. The lowest BCUT2D eigenvalue weighted by molar-refractivity contribution is 0.242. The van der Waals surface area contributed by atoms with Crippen molar-refractivity contribution in [1.82, 2.24) is 5.32 Å². The molecule has 0 bridgehead atoms. The van der Waals surface area contributed by atoms with Crippen molar-refractivity contribution in [1.29, 1.82) is 0 Å². The average molecular weight is 382 g/mol. The van der Waals surface area contributed by atoms with Crippen LogP contribution in [0.2, 0.25) is 18.1 Å². The summed E-state index contributed by atoms with van der Waals surface area (Å²) in [6.07, 6.45) is 4.56. The van der Waals surface area contributed by atoms with Gasteiger partial charge in [-0.2, -0.15) is 0 Å². The zero-order valence-electron chi connectivity index (χ0n) is 17.7. The van der Waals surface area contributed by atoms with E-state index in [1.807, 2.05) is 0 Å². The molecule has 0 aromatic heterocycles. The Bertz CT molecular complexity index is 704. The van der Waals surface area contributed by atoms with E-state index in [9.17, 15) is 0 Å². The average Bonchev–Trinajstić information content (AvgIpc) is 2.62. The predicted molar refractivity (Wildman–Crippen MR) is 119 cm³/mol. The van der Waals surface area contributed by atoms with Gasteiger partial charge in [-0.25, -0.2) is 0 Å². The van der Waals surface area contributed by atoms with E-state index in [1.165, 1.54) is 11.1 Å². The zero-order chi connectivity index (χ0) is 19.9. The molecule has 0 radical (unpaired) electrons. The van der Waals surface area contributed by atoms with Gasteiger partial charge in [0.25, 0.3) is 0 Å². The Balaban J connectivity index is 2.08. The number of benzene rings is 2. The third-order valence-electron chi connectivity index (χ3n) is 5.39. The Morgan fingerprint density at radius 2 is 1.48 bits per heavy atom. The molecule has 0 amide bonds. The SMILES string of the molecule is C[C@@H](C=C[C@H](NCc1ccccc1)c1ccccc1)O[Si](C)(C)C(C)(C)C. The van der Waals surface area contributed by atoms with Crippen LogP contribution in [0.4, 0.5) is 0 Å². The highest BCUT2D eigenvalue weighted by atomic mass is 28.4. The Hall–Kier alpha value is -1.68. The van der Waals surface area contributed by atoms with Crippen molar-refractivity contribution in [2.45, 2.75) is 64.5 Å². The van der Waals surface area contributed by atoms with E-state index in [-0.39, 0.29) is 17.2 Å². The van der Waals surface area contributed by atoms with Crippen molar-refractivity contribution in [3.05, 3.63) is 83.9 Å². The first kappa shape index (κ1) is 21.6. The minimum absolute atomic E-state index is 0.107. The van der Waals surface area contributed by atoms with E-state index in [2.05, 4.69) is 119 Å². The molecule has 0 spiro atoms. The minimum atomic E-state index is -1.76. The van der Waals surface area contributed by atoms with Gasteiger partial charge >= 0.3 is 0 Å². The van der Waals surface area contributed by atoms with E-state index < -0.39 is 8.32 Å². The maximum Gasteiger partial charge on any atom is 0.192 e. The molecule has 146 valence electrons. The first-order valence-electron chi connectivity index (χ1n) is 9.87. The molecule has 0 aliphatic carbocycles. The van der Waals surface area contributed by atoms with Crippen molar-refractivity contribution < 1.29 is 4.43 Å². The van der Waals surface area contributed by atoms with E-state index in [0.717, 1.165) is 6.54 Å². The molecule has 2 nitrogen and oxygen atoms in total. The van der Waals surface area contributed by atoms with Gasteiger partial charge in [0.05, 0.1) is 12.1 Å². The van der Waals surface area contributed by atoms with Gasteiger partial charge in [0.15, 0.2) is 8.32 Å². The standard InChI is InChI=1S/C24H35NOSi/c1-20(26-27(5,6)24(2,3)4)17-18-23(22-15-11-8-12-16-22)25-19-21-13-9-7-10-14-21/h7-18,20,23,25H,19H2,1-6H3/t20-,23-/m0/s1. The summed E-state index contributed by atoms with van der Waals surface area (Å²) >= 11 is 0. The van der Waals surface area contributed by atoms with Gasteiger partial charge < -0.3 is 9.74 Å². The molecule has 0 unspecified atom stereocenters. The van der Waals surface area contributed by atoms with Crippen LogP contribution in [-0.2, 0) is 11.0 Å². The largest absolute Gasteiger partial charge is 0.411 e. The summed E-state index contributed by atoms with van der Waals surface area (Å²) in [5.41, 5.74) is 2.56. The van der Waals surface area contributed by atoms with Crippen LogP contribution in [-0.4, -0.2) is 14.4 Å². The first-order chi connectivity index (χ1) is 12.7. The molecule has 0 aliphatic heterocycles. The quantitative estimate of drug-likeness (QED) is 0.417. The second-order valence-electron chi connectivity index (χ2n) is 8.72. The highest BCUT2D eigenvalue weighted by Gasteiger charge is 2.38. The van der Waals surface area contributed by atoms with E-state index >= 15 is 0 Å². The van der Waals surface area contributed by atoms with Gasteiger partial charge in [0.2, 0.25) is 0 Å². The lowest BCUT2D eigenvalue weighted by Crippen LogP contribution is -2.42. The van der Waals surface area contributed by atoms with Crippen molar-refractivity contribution in [3.63, 3.8) is 0 Å². The fourth-order valence-electron chi connectivity index (χ4n) is 2.73. The summed E-state index contributed by atoms with van der Waals surface area (Å²) in [6.45, 7) is 14.4. The van der Waals surface area contributed by atoms with Crippen molar-refractivity contribution in [3.8, 4) is 0 Å². The summed E-state index contributed by atoms with van der Waals surface area (Å²) in [6, 6.07) is 21.3. The molecule has 1 N–H and O–H groups in total. The summed E-state index contributed by atoms with van der Waals surface area (Å²) < 4.78 is 6.48. The van der Waals surface area contributed by atoms with Crippen molar-refractivity contribution >= 4 is 8.32 Å². The van der Waals surface area contributed by atoms with Crippen LogP contribution in [0.3, 0.4) is 0 Å². The van der Waals surface area contributed by atoms with Gasteiger partial charge in [-0.3, -0.25) is 0 Å². The van der Waals surface area contributed by atoms with Crippen LogP contribution < -0.4 is 5.32 Å². The summed E-state index contributed by atoms with van der Waals surface area (Å²) in [7, 11) is -1.76. The Morgan fingerprint density at radius 1 is 0.926 bits per heavy atom. The van der Waals surface area contributed by atoms with Crippen molar-refractivity contribution in [2.75, 3.05) is 0 Å². The van der Waals surface area contributed by atoms with Gasteiger partial charge in [0.1, 0.15) is 0 Å².